The van der Waals surface area contributed by atoms with Gasteiger partial charge in [-0.15, -0.1) is 0 Å². The Balaban J connectivity index is 2.36. The Morgan fingerprint density at radius 1 is 1.32 bits per heavy atom. The molecule has 0 aromatic heterocycles. The molecule has 1 aromatic carbocycles. The van der Waals surface area contributed by atoms with Crippen molar-refractivity contribution in [2.75, 3.05) is 0 Å². The number of carboxylic acids is 1. The first-order valence-corrected chi connectivity index (χ1v) is 5.87. The van der Waals surface area contributed by atoms with E-state index < -0.39 is 29.4 Å². The summed E-state index contributed by atoms with van der Waals surface area (Å²) in [5.41, 5.74) is -0.948. The number of carbonyl (C=O) groups is 1. The van der Waals surface area contributed by atoms with Crippen LogP contribution in [0.15, 0.2) is 18.2 Å². The molecule has 2 nitrogen and oxygen atoms in total. The van der Waals surface area contributed by atoms with Crippen LogP contribution in [0.1, 0.15) is 36.3 Å². The van der Waals surface area contributed by atoms with Crippen LogP contribution in [-0.4, -0.2) is 11.1 Å². The maximum Gasteiger partial charge on any atom is 0.416 e. The fraction of sp³-hybridized carbons (Fsp3) is 0.462. The summed E-state index contributed by atoms with van der Waals surface area (Å²) in [5, 5.41) is 8.80. The third-order valence-corrected chi connectivity index (χ3v) is 3.26. The van der Waals surface area contributed by atoms with Crippen molar-refractivity contribution < 1.29 is 27.5 Å². The second-order valence-electron chi connectivity index (χ2n) is 4.81. The van der Waals surface area contributed by atoms with Gasteiger partial charge < -0.3 is 5.11 Å². The van der Waals surface area contributed by atoms with Gasteiger partial charge in [0.05, 0.1) is 12.0 Å². The lowest BCUT2D eigenvalue weighted by Gasteiger charge is -2.17. The molecule has 0 bridgehead atoms. The number of carboxylic acid groups (broad SMARTS) is 1. The van der Waals surface area contributed by atoms with E-state index in [1.54, 1.807) is 0 Å². The minimum Gasteiger partial charge on any atom is -0.481 e. The van der Waals surface area contributed by atoms with E-state index in [1.807, 2.05) is 0 Å². The first kappa shape index (κ1) is 13.8. The van der Waals surface area contributed by atoms with E-state index in [2.05, 4.69) is 0 Å². The van der Waals surface area contributed by atoms with Gasteiger partial charge in [0, 0.05) is 0 Å². The van der Waals surface area contributed by atoms with Crippen molar-refractivity contribution >= 4 is 5.97 Å². The molecule has 1 fully saturated rings. The summed E-state index contributed by atoms with van der Waals surface area (Å²) < 4.78 is 51.1. The molecule has 0 spiro atoms. The lowest BCUT2D eigenvalue weighted by Crippen LogP contribution is -2.12. The van der Waals surface area contributed by atoms with Gasteiger partial charge in [-0.3, -0.25) is 4.79 Å². The summed E-state index contributed by atoms with van der Waals surface area (Å²) in [6, 6.07) is 2.28. The highest BCUT2D eigenvalue weighted by Crippen LogP contribution is 2.45. The predicted molar refractivity (Wildman–Crippen MR) is 59.1 cm³/mol. The molecule has 0 radical (unpaired) electrons. The Kier molecular flexibility index (Phi) is 3.52. The highest BCUT2D eigenvalue weighted by molar-refractivity contribution is 5.68. The quantitative estimate of drug-likeness (QED) is 0.849. The Morgan fingerprint density at radius 3 is 2.42 bits per heavy atom. The highest BCUT2D eigenvalue weighted by atomic mass is 19.4. The summed E-state index contributed by atoms with van der Waals surface area (Å²) in [6.07, 6.45) is -3.36. The molecule has 104 valence electrons. The third-order valence-electron chi connectivity index (χ3n) is 3.26. The second-order valence-corrected chi connectivity index (χ2v) is 4.81. The Morgan fingerprint density at radius 2 is 1.95 bits per heavy atom. The van der Waals surface area contributed by atoms with Gasteiger partial charge in [0.1, 0.15) is 5.82 Å². The SMILES string of the molecule is O=C(O)CC(c1cc(F)cc(C(F)(F)F)c1)C1CC1. The van der Waals surface area contributed by atoms with Crippen LogP contribution in [0.25, 0.3) is 0 Å². The molecule has 1 atom stereocenters. The Bertz CT molecular complexity index is 492. The zero-order valence-corrected chi connectivity index (χ0v) is 9.88. The minimum absolute atomic E-state index is 0.0407. The van der Waals surface area contributed by atoms with Crippen LogP contribution in [0.5, 0.6) is 0 Å². The molecule has 1 unspecified atom stereocenters. The molecular formula is C13H12F4O2. The van der Waals surface area contributed by atoms with Crippen LogP contribution < -0.4 is 0 Å². The van der Waals surface area contributed by atoms with Gasteiger partial charge in [-0.05, 0) is 48.4 Å². The summed E-state index contributed by atoms with van der Waals surface area (Å²) in [7, 11) is 0. The smallest absolute Gasteiger partial charge is 0.416 e. The van der Waals surface area contributed by atoms with Crippen LogP contribution in [0.4, 0.5) is 17.6 Å². The molecule has 1 aromatic rings. The molecule has 1 aliphatic rings. The largest absolute Gasteiger partial charge is 0.481 e. The van der Waals surface area contributed by atoms with E-state index >= 15 is 0 Å². The van der Waals surface area contributed by atoms with E-state index in [0.717, 1.165) is 25.0 Å². The Labute approximate surface area is 107 Å². The van der Waals surface area contributed by atoms with Gasteiger partial charge in [0.15, 0.2) is 0 Å². The lowest BCUT2D eigenvalue weighted by atomic mass is 9.90. The van der Waals surface area contributed by atoms with Crippen LogP contribution in [0.2, 0.25) is 0 Å². The topological polar surface area (TPSA) is 37.3 Å². The first-order valence-electron chi connectivity index (χ1n) is 5.87. The van der Waals surface area contributed by atoms with E-state index in [0.29, 0.717) is 6.07 Å². The lowest BCUT2D eigenvalue weighted by molar-refractivity contribution is -0.138. The van der Waals surface area contributed by atoms with Crippen molar-refractivity contribution in [3.05, 3.63) is 35.1 Å². The zero-order valence-electron chi connectivity index (χ0n) is 9.88. The molecule has 2 rings (SSSR count). The summed E-state index contributed by atoms with van der Waals surface area (Å²) in [6.45, 7) is 0. The average Bonchev–Trinajstić information content (AvgIpc) is 3.07. The third kappa shape index (κ3) is 3.45. The fourth-order valence-corrected chi connectivity index (χ4v) is 2.23. The zero-order chi connectivity index (χ0) is 14.2. The minimum atomic E-state index is -4.63. The molecule has 19 heavy (non-hydrogen) atoms. The van der Waals surface area contributed by atoms with Crippen molar-refractivity contribution in [3.8, 4) is 0 Å². The summed E-state index contributed by atoms with van der Waals surface area (Å²) in [5.74, 6) is -2.58. The fourth-order valence-electron chi connectivity index (χ4n) is 2.23. The summed E-state index contributed by atoms with van der Waals surface area (Å²) >= 11 is 0. The monoisotopic (exact) mass is 276 g/mol. The van der Waals surface area contributed by atoms with Gasteiger partial charge in [0.25, 0.3) is 0 Å². The van der Waals surface area contributed by atoms with Crippen LogP contribution in [-0.2, 0) is 11.0 Å². The van der Waals surface area contributed by atoms with E-state index in [4.69, 9.17) is 5.11 Å². The molecule has 0 aliphatic heterocycles. The Hall–Kier alpha value is -1.59. The standard InChI is InChI=1S/C13H12F4O2/c14-10-4-8(3-9(5-10)13(15,16)17)11(6-12(18)19)7-1-2-7/h3-5,7,11H,1-2,6H2,(H,18,19). The van der Waals surface area contributed by atoms with Crippen molar-refractivity contribution in [2.45, 2.75) is 31.4 Å². The van der Waals surface area contributed by atoms with Gasteiger partial charge in [-0.1, -0.05) is 0 Å². The normalized spacial score (nSPS) is 17.3. The number of rotatable bonds is 4. The van der Waals surface area contributed by atoms with Gasteiger partial charge >= 0.3 is 12.1 Å². The van der Waals surface area contributed by atoms with E-state index in [1.165, 1.54) is 0 Å². The number of alkyl halides is 3. The molecule has 1 aliphatic carbocycles. The first-order chi connectivity index (χ1) is 8.77. The van der Waals surface area contributed by atoms with Crippen LogP contribution in [0, 0.1) is 11.7 Å². The molecule has 0 amide bonds. The number of benzene rings is 1. The number of aliphatic carboxylic acids is 1. The maximum absolute atomic E-state index is 13.3. The van der Waals surface area contributed by atoms with Crippen molar-refractivity contribution in [1.82, 2.24) is 0 Å². The second kappa shape index (κ2) is 4.83. The molecular weight excluding hydrogens is 264 g/mol. The summed E-state index contributed by atoms with van der Waals surface area (Å²) in [4.78, 5) is 10.8. The van der Waals surface area contributed by atoms with Gasteiger partial charge in [0.2, 0.25) is 0 Å². The van der Waals surface area contributed by atoms with E-state index in [9.17, 15) is 22.4 Å². The molecule has 0 saturated heterocycles. The van der Waals surface area contributed by atoms with Crippen LogP contribution >= 0.6 is 0 Å². The van der Waals surface area contributed by atoms with Crippen molar-refractivity contribution in [3.63, 3.8) is 0 Å². The molecule has 1 saturated carbocycles. The number of hydrogen-bond acceptors (Lipinski definition) is 1. The van der Waals surface area contributed by atoms with Crippen molar-refractivity contribution in [2.24, 2.45) is 5.92 Å². The van der Waals surface area contributed by atoms with Crippen molar-refractivity contribution in [1.29, 1.82) is 0 Å². The van der Waals surface area contributed by atoms with E-state index in [-0.39, 0.29) is 17.9 Å². The average molecular weight is 276 g/mol. The predicted octanol–water partition coefficient (Wildman–Crippen LogP) is 3.81. The molecule has 6 heteroatoms. The number of hydrogen-bond donors (Lipinski definition) is 1. The van der Waals surface area contributed by atoms with Gasteiger partial charge in [-0.25, -0.2) is 4.39 Å². The maximum atomic E-state index is 13.3. The molecule has 0 heterocycles. The highest BCUT2D eigenvalue weighted by Gasteiger charge is 2.36. The van der Waals surface area contributed by atoms with Gasteiger partial charge in [-0.2, -0.15) is 13.2 Å². The van der Waals surface area contributed by atoms with Crippen LogP contribution in [0.3, 0.4) is 0 Å². The molecule has 1 N–H and O–H groups in total. The number of halogens is 4.